The third kappa shape index (κ3) is 4.91. The van der Waals surface area contributed by atoms with Gasteiger partial charge in [-0.15, -0.1) is 0 Å². The first-order valence-electron chi connectivity index (χ1n) is 10.4. The third-order valence-electron chi connectivity index (χ3n) is 5.43. The summed E-state index contributed by atoms with van der Waals surface area (Å²) in [5.41, 5.74) is 3.80. The van der Waals surface area contributed by atoms with E-state index in [0.717, 1.165) is 28.8 Å². The highest BCUT2D eigenvalue weighted by molar-refractivity contribution is 5.96. The zero-order chi connectivity index (χ0) is 21.8. The van der Waals surface area contributed by atoms with Crippen LogP contribution in [0.2, 0.25) is 0 Å². The molecule has 1 saturated heterocycles. The Morgan fingerprint density at radius 3 is 2.55 bits per heavy atom. The molecule has 0 bridgehead atoms. The second-order valence-electron chi connectivity index (χ2n) is 7.88. The molecular formula is C25H25N3O3. The maximum atomic E-state index is 12.8. The fourth-order valence-corrected chi connectivity index (χ4v) is 3.78. The van der Waals surface area contributed by atoms with E-state index in [0.29, 0.717) is 19.5 Å². The van der Waals surface area contributed by atoms with Crippen LogP contribution in [0.1, 0.15) is 29.5 Å². The molecule has 2 amide bonds. The summed E-state index contributed by atoms with van der Waals surface area (Å²) in [6.07, 6.45) is 3.26. The number of amides is 2. The number of aryl methyl sites for hydroxylation is 1. The average molecular weight is 415 g/mol. The van der Waals surface area contributed by atoms with Gasteiger partial charge >= 0.3 is 0 Å². The zero-order valence-electron chi connectivity index (χ0n) is 17.5. The monoisotopic (exact) mass is 415 g/mol. The van der Waals surface area contributed by atoms with E-state index in [1.165, 1.54) is 0 Å². The molecule has 6 nitrogen and oxygen atoms in total. The molecule has 2 aromatic carbocycles. The van der Waals surface area contributed by atoms with E-state index in [-0.39, 0.29) is 29.5 Å². The number of pyridine rings is 1. The molecule has 0 radical (unpaired) electrons. The van der Waals surface area contributed by atoms with Gasteiger partial charge in [0.25, 0.3) is 5.56 Å². The Balaban J connectivity index is 1.45. The van der Waals surface area contributed by atoms with Gasteiger partial charge in [0.1, 0.15) is 5.69 Å². The molecule has 158 valence electrons. The van der Waals surface area contributed by atoms with Gasteiger partial charge in [-0.05, 0) is 48.7 Å². The van der Waals surface area contributed by atoms with E-state index in [4.69, 9.17) is 0 Å². The average Bonchev–Trinajstić information content (AvgIpc) is 3.18. The van der Waals surface area contributed by atoms with Gasteiger partial charge in [-0.2, -0.15) is 0 Å². The summed E-state index contributed by atoms with van der Waals surface area (Å²) in [7, 11) is 0. The number of hydrogen-bond donors (Lipinski definition) is 1. The van der Waals surface area contributed by atoms with E-state index in [1.54, 1.807) is 27.8 Å². The second-order valence-corrected chi connectivity index (χ2v) is 7.88. The summed E-state index contributed by atoms with van der Waals surface area (Å²) >= 11 is 0. The predicted octanol–water partition coefficient (Wildman–Crippen LogP) is 3.51. The number of aromatic nitrogens is 1. The topological polar surface area (TPSA) is 71.4 Å². The molecule has 4 rings (SSSR count). The Morgan fingerprint density at radius 2 is 1.81 bits per heavy atom. The predicted molar refractivity (Wildman–Crippen MR) is 121 cm³/mol. The van der Waals surface area contributed by atoms with Crippen molar-refractivity contribution in [3.8, 4) is 0 Å². The minimum Gasteiger partial charge on any atom is -0.321 e. The highest BCUT2D eigenvalue weighted by atomic mass is 16.2. The van der Waals surface area contributed by atoms with Crippen LogP contribution in [-0.4, -0.2) is 22.9 Å². The van der Waals surface area contributed by atoms with Gasteiger partial charge in [0.05, 0.1) is 13.0 Å². The summed E-state index contributed by atoms with van der Waals surface area (Å²) in [4.78, 5) is 39.1. The maximum Gasteiger partial charge on any atom is 0.274 e. The summed E-state index contributed by atoms with van der Waals surface area (Å²) in [6, 6.07) is 18.8. The molecule has 0 atom stereocenters. The Morgan fingerprint density at radius 1 is 1.00 bits per heavy atom. The smallest absolute Gasteiger partial charge is 0.274 e. The third-order valence-corrected chi connectivity index (χ3v) is 5.43. The largest absolute Gasteiger partial charge is 0.321 e. The Hall–Kier alpha value is -3.67. The number of carbonyl (C=O) groups excluding carboxylic acids is 2. The van der Waals surface area contributed by atoms with Gasteiger partial charge in [-0.1, -0.05) is 42.0 Å². The first kappa shape index (κ1) is 20.6. The maximum absolute atomic E-state index is 12.8. The lowest BCUT2D eigenvalue weighted by Crippen LogP contribution is -2.26. The number of nitrogens with zero attached hydrogens (tertiary/aromatic N) is 2. The highest BCUT2D eigenvalue weighted by Gasteiger charge is 2.21. The standard InChI is InChI=1S/C25H25N3O3/c1-18-9-11-19(12-10-18)17-27-13-3-7-22(25(27)31)26-23(29)16-20-5-2-6-21(15-20)28-14-4-8-24(28)30/h2-3,5-7,9-13,15H,4,8,14,16-17H2,1H3,(H,26,29). The van der Waals surface area contributed by atoms with Gasteiger partial charge in [0.15, 0.2) is 0 Å². The Bertz CT molecular complexity index is 1170. The van der Waals surface area contributed by atoms with Gasteiger partial charge in [0.2, 0.25) is 11.8 Å². The fourth-order valence-electron chi connectivity index (χ4n) is 3.78. The Kier molecular flexibility index (Phi) is 5.98. The SMILES string of the molecule is Cc1ccc(Cn2cccc(NC(=O)Cc3cccc(N4CCCC4=O)c3)c2=O)cc1. The molecule has 0 spiro atoms. The molecule has 3 aromatic rings. The van der Waals surface area contributed by atoms with Crippen molar-refractivity contribution >= 4 is 23.2 Å². The minimum atomic E-state index is -0.268. The molecular weight excluding hydrogens is 390 g/mol. The van der Waals surface area contributed by atoms with Crippen LogP contribution in [-0.2, 0) is 22.6 Å². The first-order chi connectivity index (χ1) is 15.0. The molecule has 0 unspecified atom stereocenters. The van der Waals surface area contributed by atoms with Crippen molar-refractivity contribution in [1.29, 1.82) is 0 Å². The van der Waals surface area contributed by atoms with Crippen molar-refractivity contribution in [3.05, 3.63) is 93.9 Å². The number of rotatable bonds is 6. The Labute approximate surface area is 181 Å². The van der Waals surface area contributed by atoms with Crippen LogP contribution < -0.4 is 15.8 Å². The molecule has 1 fully saturated rings. The number of anilines is 2. The van der Waals surface area contributed by atoms with Crippen LogP contribution >= 0.6 is 0 Å². The van der Waals surface area contributed by atoms with E-state index in [9.17, 15) is 14.4 Å². The zero-order valence-corrected chi connectivity index (χ0v) is 17.5. The second kappa shape index (κ2) is 9.00. The number of hydrogen-bond acceptors (Lipinski definition) is 3. The molecule has 1 aliphatic heterocycles. The van der Waals surface area contributed by atoms with Crippen LogP contribution in [0.5, 0.6) is 0 Å². The van der Waals surface area contributed by atoms with E-state index in [2.05, 4.69) is 5.32 Å². The molecule has 31 heavy (non-hydrogen) atoms. The van der Waals surface area contributed by atoms with Crippen molar-refractivity contribution in [2.24, 2.45) is 0 Å². The van der Waals surface area contributed by atoms with E-state index < -0.39 is 0 Å². The molecule has 1 N–H and O–H groups in total. The van der Waals surface area contributed by atoms with Crippen LogP contribution in [0, 0.1) is 6.92 Å². The fraction of sp³-hybridized carbons (Fsp3) is 0.240. The highest BCUT2D eigenvalue weighted by Crippen LogP contribution is 2.22. The van der Waals surface area contributed by atoms with Crippen LogP contribution in [0.4, 0.5) is 11.4 Å². The molecule has 2 heterocycles. The van der Waals surface area contributed by atoms with Crippen LogP contribution in [0.25, 0.3) is 0 Å². The summed E-state index contributed by atoms with van der Waals surface area (Å²) in [5.74, 6) is -0.157. The minimum absolute atomic E-state index is 0.111. The summed E-state index contributed by atoms with van der Waals surface area (Å²) in [5, 5.41) is 2.74. The normalized spacial score (nSPS) is 13.5. The van der Waals surface area contributed by atoms with E-state index in [1.807, 2.05) is 55.5 Å². The lowest BCUT2D eigenvalue weighted by atomic mass is 10.1. The number of carbonyl (C=O) groups is 2. The lowest BCUT2D eigenvalue weighted by molar-refractivity contribution is -0.117. The summed E-state index contributed by atoms with van der Waals surface area (Å²) < 4.78 is 1.58. The van der Waals surface area contributed by atoms with Gasteiger partial charge in [-0.3, -0.25) is 14.4 Å². The number of benzene rings is 2. The molecule has 6 heteroatoms. The molecule has 0 saturated carbocycles. The van der Waals surface area contributed by atoms with Crippen LogP contribution in [0.3, 0.4) is 0 Å². The van der Waals surface area contributed by atoms with Crippen molar-refractivity contribution < 1.29 is 9.59 Å². The first-order valence-corrected chi connectivity index (χ1v) is 10.4. The quantitative estimate of drug-likeness (QED) is 0.670. The van der Waals surface area contributed by atoms with Crippen molar-refractivity contribution in [2.75, 3.05) is 16.8 Å². The van der Waals surface area contributed by atoms with Gasteiger partial charge in [0, 0.05) is 24.8 Å². The van der Waals surface area contributed by atoms with Crippen molar-refractivity contribution in [3.63, 3.8) is 0 Å². The van der Waals surface area contributed by atoms with Crippen molar-refractivity contribution in [1.82, 2.24) is 4.57 Å². The van der Waals surface area contributed by atoms with Gasteiger partial charge < -0.3 is 14.8 Å². The lowest BCUT2D eigenvalue weighted by Gasteiger charge is -2.16. The molecule has 1 aliphatic rings. The number of nitrogens with one attached hydrogen (secondary N) is 1. The summed E-state index contributed by atoms with van der Waals surface area (Å²) in [6.45, 7) is 3.17. The van der Waals surface area contributed by atoms with E-state index >= 15 is 0 Å². The molecule has 1 aromatic heterocycles. The van der Waals surface area contributed by atoms with Crippen molar-refractivity contribution in [2.45, 2.75) is 32.7 Å². The molecule has 0 aliphatic carbocycles. The van der Waals surface area contributed by atoms with Crippen LogP contribution in [0.15, 0.2) is 71.7 Å². The van der Waals surface area contributed by atoms with Gasteiger partial charge in [-0.25, -0.2) is 0 Å².